The van der Waals surface area contributed by atoms with Gasteiger partial charge in [0.2, 0.25) is 0 Å². The second kappa shape index (κ2) is 5.52. The highest BCUT2D eigenvalue weighted by atomic mass is 16.6. The van der Waals surface area contributed by atoms with E-state index in [1.165, 1.54) is 0 Å². The highest BCUT2D eigenvalue weighted by Crippen LogP contribution is 2.43. The molecule has 1 atom stereocenters. The molecule has 1 heterocycles. The van der Waals surface area contributed by atoms with Gasteiger partial charge >= 0.3 is 6.09 Å². The van der Waals surface area contributed by atoms with Crippen LogP contribution in [0.4, 0.5) is 4.79 Å². The predicted molar refractivity (Wildman–Crippen MR) is 86.1 cm³/mol. The van der Waals surface area contributed by atoms with Gasteiger partial charge in [-0.25, -0.2) is 4.79 Å². The van der Waals surface area contributed by atoms with Crippen LogP contribution in [-0.4, -0.2) is 19.3 Å². The topological polar surface area (TPSA) is 47.6 Å². The standard InChI is InChI=1S/C18H21NO3/c1-4-21-14-10-9-12-7-5-6-8-13(12)15(14)16-18(2,3)11-22-17(20)19-16/h5-10,16H,4,11H2,1-3H3,(H,19,20)/t16-/m1/s1. The Balaban J connectivity index is 2.22. The van der Waals surface area contributed by atoms with E-state index in [1.807, 2.05) is 25.1 Å². The Morgan fingerprint density at radius 1 is 1.27 bits per heavy atom. The number of nitrogens with one attached hydrogen (secondary N) is 1. The van der Waals surface area contributed by atoms with Crippen LogP contribution in [0.1, 0.15) is 32.4 Å². The third-order valence-electron chi connectivity index (χ3n) is 4.14. The lowest BCUT2D eigenvalue weighted by atomic mass is 9.78. The summed E-state index contributed by atoms with van der Waals surface area (Å²) in [5.74, 6) is 0.821. The summed E-state index contributed by atoms with van der Waals surface area (Å²) in [6.45, 7) is 7.12. The number of alkyl carbamates (subject to hydrolysis) is 1. The third-order valence-corrected chi connectivity index (χ3v) is 4.14. The summed E-state index contributed by atoms with van der Waals surface area (Å²) in [6, 6.07) is 12.1. The lowest BCUT2D eigenvalue weighted by Crippen LogP contribution is -2.47. The van der Waals surface area contributed by atoms with Gasteiger partial charge in [0.25, 0.3) is 0 Å². The fourth-order valence-electron chi connectivity index (χ4n) is 3.01. The van der Waals surface area contributed by atoms with E-state index in [2.05, 4.69) is 37.4 Å². The van der Waals surface area contributed by atoms with E-state index >= 15 is 0 Å². The van der Waals surface area contributed by atoms with Crippen molar-refractivity contribution >= 4 is 16.9 Å². The number of ether oxygens (including phenoxy) is 2. The molecule has 3 rings (SSSR count). The van der Waals surface area contributed by atoms with Gasteiger partial charge in [-0.1, -0.05) is 44.2 Å². The molecule has 4 heteroatoms. The van der Waals surface area contributed by atoms with Crippen LogP contribution in [0.15, 0.2) is 36.4 Å². The van der Waals surface area contributed by atoms with Crippen molar-refractivity contribution in [2.24, 2.45) is 5.41 Å². The SMILES string of the molecule is CCOc1ccc2ccccc2c1[C@H]1NC(=O)OCC1(C)C. The highest BCUT2D eigenvalue weighted by Gasteiger charge is 2.40. The smallest absolute Gasteiger partial charge is 0.407 e. The number of amides is 1. The van der Waals surface area contributed by atoms with E-state index in [0.29, 0.717) is 13.2 Å². The van der Waals surface area contributed by atoms with Crippen LogP contribution in [0.25, 0.3) is 10.8 Å². The van der Waals surface area contributed by atoms with Gasteiger partial charge in [-0.15, -0.1) is 0 Å². The summed E-state index contributed by atoms with van der Waals surface area (Å²) in [5.41, 5.74) is 0.811. The van der Waals surface area contributed by atoms with E-state index in [4.69, 9.17) is 9.47 Å². The second-order valence-electron chi connectivity index (χ2n) is 6.27. The Hall–Kier alpha value is -2.23. The summed E-state index contributed by atoms with van der Waals surface area (Å²) >= 11 is 0. The minimum atomic E-state index is -0.375. The number of cyclic esters (lactones) is 1. The van der Waals surface area contributed by atoms with Crippen LogP contribution >= 0.6 is 0 Å². The normalized spacial score (nSPS) is 20.3. The molecule has 2 aromatic carbocycles. The fourth-order valence-corrected chi connectivity index (χ4v) is 3.01. The highest BCUT2D eigenvalue weighted by molar-refractivity contribution is 5.89. The number of carbonyl (C=O) groups is 1. The average molecular weight is 299 g/mol. The van der Waals surface area contributed by atoms with Crippen molar-refractivity contribution in [3.05, 3.63) is 42.0 Å². The van der Waals surface area contributed by atoms with Gasteiger partial charge in [0.15, 0.2) is 0 Å². The zero-order valence-electron chi connectivity index (χ0n) is 13.2. The van der Waals surface area contributed by atoms with Crippen molar-refractivity contribution in [2.75, 3.05) is 13.2 Å². The maximum Gasteiger partial charge on any atom is 0.407 e. The van der Waals surface area contributed by atoms with Gasteiger partial charge in [0, 0.05) is 11.0 Å². The molecule has 0 radical (unpaired) electrons. The number of rotatable bonds is 3. The predicted octanol–water partition coefficient (Wildman–Crippen LogP) is 4.05. The Morgan fingerprint density at radius 2 is 2.05 bits per heavy atom. The lowest BCUT2D eigenvalue weighted by Gasteiger charge is -2.39. The Labute approximate surface area is 130 Å². The second-order valence-corrected chi connectivity index (χ2v) is 6.27. The molecule has 116 valence electrons. The van der Waals surface area contributed by atoms with Crippen molar-refractivity contribution in [1.82, 2.24) is 5.32 Å². The number of hydrogen-bond donors (Lipinski definition) is 1. The molecule has 0 aliphatic carbocycles. The molecule has 1 aliphatic heterocycles. The average Bonchev–Trinajstić information content (AvgIpc) is 2.50. The number of carbonyl (C=O) groups excluding carboxylic acids is 1. The van der Waals surface area contributed by atoms with Crippen LogP contribution in [0.3, 0.4) is 0 Å². The molecule has 1 saturated heterocycles. The quantitative estimate of drug-likeness (QED) is 0.930. The van der Waals surface area contributed by atoms with Crippen LogP contribution in [0.2, 0.25) is 0 Å². The molecule has 4 nitrogen and oxygen atoms in total. The Kier molecular flexibility index (Phi) is 3.69. The van der Waals surface area contributed by atoms with Crippen molar-refractivity contribution in [3.63, 3.8) is 0 Å². The summed E-state index contributed by atoms with van der Waals surface area (Å²) < 4.78 is 11.0. The van der Waals surface area contributed by atoms with Crippen LogP contribution in [-0.2, 0) is 4.74 Å². The van der Waals surface area contributed by atoms with E-state index < -0.39 is 0 Å². The summed E-state index contributed by atoms with van der Waals surface area (Å²) in [7, 11) is 0. The maximum absolute atomic E-state index is 11.8. The third kappa shape index (κ3) is 2.49. The zero-order chi connectivity index (χ0) is 15.7. The van der Waals surface area contributed by atoms with Gasteiger partial charge in [0.1, 0.15) is 12.4 Å². The van der Waals surface area contributed by atoms with Crippen LogP contribution in [0, 0.1) is 5.41 Å². The van der Waals surface area contributed by atoms with Crippen molar-refractivity contribution in [3.8, 4) is 5.75 Å². The monoisotopic (exact) mass is 299 g/mol. The minimum absolute atomic E-state index is 0.151. The first-order chi connectivity index (χ1) is 10.5. The minimum Gasteiger partial charge on any atom is -0.493 e. The van der Waals surface area contributed by atoms with E-state index in [1.54, 1.807) is 0 Å². The number of fused-ring (bicyclic) bond motifs is 1. The van der Waals surface area contributed by atoms with Crippen LogP contribution in [0.5, 0.6) is 5.75 Å². The molecule has 1 amide bonds. The number of hydrogen-bond acceptors (Lipinski definition) is 3. The molecule has 1 fully saturated rings. The summed E-state index contributed by atoms with van der Waals surface area (Å²) in [5, 5.41) is 5.21. The van der Waals surface area contributed by atoms with Gasteiger partial charge in [-0.3, -0.25) is 0 Å². The van der Waals surface area contributed by atoms with Crippen LogP contribution < -0.4 is 10.1 Å². The van der Waals surface area contributed by atoms with Crippen molar-refractivity contribution < 1.29 is 14.3 Å². The molecule has 1 aliphatic rings. The van der Waals surface area contributed by atoms with Crippen molar-refractivity contribution in [2.45, 2.75) is 26.8 Å². The van der Waals surface area contributed by atoms with Crippen molar-refractivity contribution in [1.29, 1.82) is 0 Å². The molecule has 0 bridgehead atoms. The van der Waals surface area contributed by atoms with E-state index in [9.17, 15) is 4.79 Å². The molecule has 2 aromatic rings. The Bertz CT molecular complexity index is 709. The first-order valence-electron chi connectivity index (χ1n) is 7.60. The first kappa shape index (κ1) is 14.7. The molecular weight excluding hydrogens is 278 g/mol. The van der Waals surface area contributed by atoms with E-state index in [-0.39, 0.29) is 17.6 Å². The van der Waals surface area contributed by atoms with E-state index in [0.717, 1.165) is 22.1 Å². The maximum atomic E-state index is 11.8. The first-order valence-corrected chi connectivity index (χ1v) is 7.60. The number of benzene rings is 2. The molecule has 0 aromatic heterocycles. The fraction of sp³-hybridized carbons (Fsp3) is 0.389. The largest absolute Gasteiger partial charge is 0.493 e. The zero-order valence-corrected chi connectivity index (χ0v) is 13.2. The van der Waals surface area contributed by atoms with Gasteiger partial charge in [-0.2, -0.15) is 0 Å². The summed E-state index contributed by atoms with van der Waals surface area (Å²) in [6.07, 6.45) is -0.375. The van der Waals surface area contributed by atoms with Gasteiger partial charge in [-0.05, 0) is 23.8 Å². The van der Waals surface area contributed by atoms with Gasteiger partial charge in [0.05, 0.1) is 12.6 Å². The molecule has 0 spiro atoms. The molecule has 22 heavy (non-hydrogen) atoms. The molecule has 0 saturated carbocycles. The van der Waals surface area contributed by atoms with Gasteiger partial charge < -0.3 is 14.8 Å². The summed E-state index contributed by atoms with van der Waals surface area (Å²) in [4.78, 5) is 11.8. The Morgan fingerprint density at radius 3 is 2.82 bits per heavy atom. The molecular formula is C18H21NO3. The lowest BCUT2D eigenvalue weighted by molar-refractivity contribution is 0.0384. The molecule has 1 N–H and O–H groups in total. The molecule has 0 unspecified atom stereocenters.